The minimum Gasteiger partial charge on any atom is -0.351 e. The van der Waals surface area contributed by atoms with E-state index in [-0.39, 0.29) is 5.43 Å². The molecular formula is C10H13NO. The molecule has 2 heterocycles. The highest BCUT2D eigenvalue weighted by atomic mass is 16.1. The van der Waals surface area contributed by atoms with E-state index >= 15 is 0 Å². The first-order valence-corrected chi connectivity index (χ1v) is 4.48. The molecule has 1 unspecified atom stereocenters. The average molecular weight is 163 g/mol. The highest BCUT2D eigenvalue weighted by Crippen LogP contribution is 2.24. The minimum atomic E-state index is 0.134. The second-order valence-electron chi connectivity index (χ2n) is 3.52. The van der Waals surface area contributed by atoms with Gasteiger partial charge in [-0.2, -0.15) is 0 Å². The van der Waals surface area contributed by atoms with Crippen molar-refractivity contribution >= 4 is 0 Å². The van der Waals surface area contributed by atoms with Crippen molar-refractivity contribution in [2.75, 3.05) is 0 Å². The molecule has 0 spiro atoms. The third-order valence-electron chi connectivity index (χ3n) is 2.58. The van der Waals surface area contributed by atoms with Gasteiger partial charge >= 0.3 is 0 Å². The van der Waals surface area contributed by atoms with E-state index in [1.165, 1.54) is 18.5 Å². The summed E-state index contributed by atoms with van der Waals surface area (Å²) in [5, 5.41) is 0. The quantitative estimate of drug-likeness (QED) is 0.571. The molecule has 12 heavy (non-hydrogen) atoms. The van der Waals surface area contributed by atoms with Crippen LogP contribution in [0.15, 0.2) is 23.1 Å². The van der Waals surface area contributed by atoms with Crippen molar-refractivity contribution in [3.05, 3.63) is 34.2 Å². The van der Waals surface area contributed by atoms with Crippen LogP contribution in [0.4, 0.5) is 0 Å². The fourth-order valence-corrected chi connectivity index (χ4v) is 1.87. The lowest BCUT2D eigenvalue weighted by Gasteiger charge is -2.23. The first kappa shape index (κ1) is 7.59. The number of aryl methyl sites for hydroxylation is 1. The lowest BCUT2D eigenvalue weighted by Crippen LogP contribution is -2.18. The fraction of sp³-hybridized carbons (Fsp3) is 0.500. The van der Waals surface area contributed by atoms with E-state index in [0.717, 1.165) is 6.54 Å². The summed E-state index contributed by atoms with van der Waals surface area (Å²) >= 11 is 0. The van der Waals surface area contributed by atoms with Crippen molar-refractivity contribution in [2.24, 2.45) is 0 Å². The summed E-state index contributed by atoms with van der Waals surface area (Å²) in [5.41, 5.74) is 1.34. The first-order chi connectivity index (χ1) is 5.77. The topological polar surface area (TPSA) is 22.0 Å². The maximum absolute atomic E-state index is 11.1. The molecule has 2 rings (SSSR count). The number of hydrogen-bond donors (Lipinski definition) is 0. The molecule has 0 saturated heterocycles. The van der Waals surface area contributed by atoms with Gasteiger partial charge in [0.2, 0.25) is 0 Å². The van der Waals surface area contributed by atoms with Crippen LogP contribution in [0.1, 0.15) is 31.4 Å². The van der Waals surface area contributed by atoms with Gasteiger partial charge in [-0.1, -0.05) is 6.92 Å². The summed E-state index contributed by atoms with van der Waals surface area (Å²) in [7, 11) is 0. The van der Waals surface area contributed by atoms with Crippen LogP contribution in [0, 0.1) is 0 Å². The zero-order valence-electron chi connectivity index (χ0n) is 7.29. The van der Waals surface area contributed by atoms with Crippen LogP contribution in [0.25, 0.3) is 0 Å². The smallest absolute Gasteiger partial charge is 0.181 e. The molecule has 0 aliphatic carbocycles. The molecule has 0 radical (unpaired) electrons. The van der Waals surface area contributed by atoms with Gasteiger partial charge in [0, 0.05) is 30.6 Å². The minimum absolute atomic E-state index is 0.134. The lowest BCUT2D eigenvalue weighted by molar-refractivity contribution is 0.468. The van der Waals surface area contributed by atoms with Crippen molar-refractivity contribution in [1.29, 1.82) is 0 Å². The summed E-state index contributed by atoms with van der Waals surface area (Å²) in [6.45, 7) is 3.25. The van der Waals surface area contributed by atoms with Crippen LogP contribution in [-0.2, 0) is 6.54 Å². The van der Waals surface area contributed by atoms with Gasteiger partial charge in [-0.25, -0.2) is 0 Å². The van der Waals surface area contributed by atoms with Gasteiger partial charge in [0.25, 0.3) is 0 Å². The Morgan fingerprint density at radius 3 is 3.25 bits per heavy atom. The van der Waals surface area contributed by atoms with Gasteiger partial charge in [0.1, 0.15) is 0 Å². The van der Waals surface area contributed by atoms with Crippen LogP contribution in [0.2, 0.25) is 0 Å². The molecular weight excluding hydrogens is 150 g/mol. The van der Waals surface area contributed by atoms with Crippen LogP contribution in [0.5, 0.6) is 0 Å². The molecule has 0 aromatic carbocycles. The highest BCUT2D eigenvalue weighted by molar-refractivity contribution is 5.12. The molecule has 1 aromatic rings. The maximum Gasteiger partial charge on any atom is 0.181 e. The van der Waals surface area contributed by atoms with E-state index in [1.807, 2.05) is 6.20 Å². The van der Waals surface area contributed by atoms with Gasteiger partial charge in [-0.15, -0.1) is 0 Å². The first-order valence-electron chi connectivity index (χ1n) is 4.48. The number of hydrogen-bond acceptors (Lipinski definition) is 1. The second kappa shape index (κ2) is 2.77. The summed E-state index contributed by atoms with van der Waals surface area (Å²) in [6, 6.07) is 3.41. The predicted molar refractivity (Wildman–Crippen MR) is 48.4 cm³/mol. The van der Waals surface area contributed by atoms with Crippen molar-refractivity contribution in [1.82, 2.24) is 4.57 Å². The number of rotatable bonds is 0. The van der Waals surface area contributed by atoms with E-state index in [1.54, 1.807) is 12.1 Å². The monoisotopic (exact) mass is 163 g/mol. The Balaban J connectivity index is 2.54. The predicted octanol–water partition coefficient (Wildman–Crippen LogP) is 1.75. The molecule has 0 fully saturated rings. The Labute approximate surface area is 71.8 Å². The van der Waals surface area contributed by atoms with E-state index in [0.29, 0.717) is 5.92 Å². The Kier molecular flexibility index (Phi) is 1.75. The SMILES string of the molecule is CC1CCCn2ccc(=O)cc21. The second-order valence-corrected chi connectivity index (χ2v) is 3.52. The molecule has 64 valence electrons. The number of fused-ring (bicyclic) bond motifs is 1. The Morgan fingerprint density at radius 1 is 1.58 bits per heavy atom. The van der Waals surface area contributed by atoms with E-state index in [2.05, 4.69) is 11.5 Å². The van der Waals surface area contributed by atoms with E-state index in [4.69, 9.17) is 0 Å². The third kappa shape index (κ3) is 1.17. The third-order valence-corrected chi connectivity index (χ3v) is 2.58. The number of pyridine rings is 1. The van der Waals surface area contributed by atoms with Crippen molar-refractivity contribution in [3.8, 4) is 0 Å². The van der Waals surface area contributed by atoms with Gasteiger partial charge in [-0.3, -0.25) is 4.79 Å². The molecule has 1 aromatic heterocycles. The highest BCUT2D eigenvalue weighted by Gasteiger charge is 2.14. The molecule has 1 aliphatic rings. The van der Waals surface area contributed by atoms with Crippen LogP contribution in [0.3, 0.4) is 0 Å². The molecule has 1 atom stereocenters. The van der Waals surface area contributed by atoms with Crippen LogP contribution in [-0.4, -0.2) is 4.57 Å². The van der Waals surface area contributed by atoms with E-state index in [9.17, 15) is 4.79 Å². The molecule has 0 N–H and O–H groups in total. The summed E-state index contributed by atoms with van der Waals surface area (Å²) in [4.78, 5) is 11.1. The van der Waals surface area contributed by atoms with Gasteiger partial charge in [0.15, 0.2) is 5.43 Å². The summed E-state index contributed by atoms with van der Waals surface area (Å²) in [6.07, 6.45) is 4.35. The summed E-state index contributed by atoms with van der Waals surface area (Å²) < 4.78 is 2.19. The summed E-state index contributed by atoms with van der Waals surface area (Å²) in [5.74, 6) is 0.549. The van der Waals surface area contributed by atoms with Gasteiger partial charge < -0.3 is 4.57 Å². The van der Waals surface area contributed by atoms with Gasteiger partial charge in [-0.05, 0) is 18.8 Å². The lowest BCUT2D eigenvalue weighted by atomic mass is 9.97. The molecule has 0 bridgehead atoms. The largest absolute Gasteiger partial charge is 0.351 e. The normalized spacial score (nSPS) is 21.9. The van der Waals surface area contributed by atoms with Crippen LogP contribution >= 0.6 is 0 Å². The average Bonchev–Trinajstić information content (AvgIpc) is 2.07. The van der Waals surface area contributed by atoms with Crippen molar-refractivity contribution in [2.45, 2.75) is 32.2 Å². The Morgan fingerprint density at radius 2 is 2.42 bits per heavy atom. The van der Waals surface area contributed by atoms with E-state index < -0.39 is 0 Å². The standard InChI is InChI=1S/C10H13NO/c1-8-3-2-5-11-6-4-9(12)7-10(8)11/h4,6-8H,2-3,5H2,1H3. The number of aromatic nitrogens is 1. The Hall–Kier alpha value is -1.05. The molecule has 0 amide bonds. The number of nitrogens with zero attached hydrogens (tertiary/aromatic N) is 1. The Bertz CT molecular complexity index is 340. The molecule has 0 saturated carbocycles. The van der Waals surface area contributed by atoms with Gasteiger partial charge in [0.05, 0.1) is 0 Å². The fourth-order valence-electron chi connectivity index (χ4n) is 1.87. The zero-order chi connectivity index (χ0) is 8.55. The van der Waals surface area contributed by atoms with Crippen molar-refractivity contribution in [3.63, 3.8) is 0 Å². The van der Waals surface area contributed by atoms with Crippen LogP contribution < -0.4 is 5.43 Å². The zero-order valence-corrected chi connectivity index (χ0v) is 7.29. The van der Waals surface area contributed by atoms with Crippen molar-refractivity contribution < 1.29 is 0 Å². The molecule has 2 nitrogen and oxygen atoms in total. The molecule has 1 aliphatic heterocycles. The molecule has 2 heteroatoms. The maximum atomic E-state index is 11.1.